The molecule has 2 aromatic rings. The molecule has 2 saturated carbocycles. The maximum atomic E-state index is 13.6. The minimum atomic E-state index is 0.216. The molecule has 0 aliphatic heterocycles. The van der Waals surface area contributed by atoms with Gasteiger partial charge in [0, 0.05) is 11.1 Å². The maximum absolute atomic E-state index is 13.6. The van der Waals surface area contributed by atoms with Crippen LogP contribution in [0.3, 0.4) is 0 Å². The van der Waals surface area contributed by atoms with Crippen molar-refractivity contribution in [2.45, 2.75) is 90.9 Å². The molecule has 0 saturated heterocycles. The molecule has 0 N–H and O–H groups in total. The van der Waals surface area contributed by atoms with E-state index in [-0.39, 0.29) is 5.78 Å². The monoisotopic (exact) mass is 374 g/mol. The summed E-state index contributed by atoms with van der Waals surface area (Å²) in [6, 6.07) is 8.49. The molecule has 1 heteroatoms. The number of hydrogen-bond acceptors (Lipinski definition) is 1. The molecule has 0 bridgehead atoms. The molecule has 0 heterocycles. The lowest BCUT2D eigenvalue weighted by Gasteiger charge is -2.21. The Kier molecular flexibility index (Phi) is 5.45. The Morgan fingerprint density at radius 1 is 0.643 bits per heavy atom. The van der Waals surface area contributed by atoms with Crippen LogP contribution in [-0.2, 0) is 0 Å². The van der Waals surface area contributed by atoms with Gasteiger partial charge in [-0.15, -0.1) is 0 Å². The summed E-state index contributed by atoms with van der Waals surface area (Å²) in [6.45, 7) is 8.78. The number of benzene rings is 2. The van der Waals surface area contributed by atoms with E-state index in [1.165, 1.54) is 84.7 Å². The molecule has 2 aromatic carbocycles. The molecule has 2 fully saturated rings. The molecule has 0 unspecified atom stereocenters. The van der Waals surface area contributed by atoms with E-state index in [2.05, 4.69) is 52.0 Å². The van der Waals surface area contributed by atoms with E-state index in [1.807, 2.05) is 0 Å². The molecule has 2 aliphatic carbocycles. The smallest absolute Gasteiger partial charge is 0.193 e. The molecule has 0 atom stereocenters. The lowest BCUT2D eigenvalue weighted by atomic mass is 9.82. The zero-order chi connectivity index (χ0) is 19.8. The largest absolute Gasteiger partial charge is 0.289 e. The molecular formula is C27H34O. The fraction of sp³-hybridized carbons (Fsp3) is 0.519. The zero-order valence-electron chi connectivity index (χ0n) is 18.0. The number of ketones is 1. The van der Waals surface area contributed by atoms with E-state index in [4.69, 9.17) is 0 Å². The molecule has 0 radical (unpaired) electrons. The summed E-state index contributed by atoms with van der Waals surface area (Å²) in [4.78, 5) is 13.6. The predicted molar refractivity (Wildman–Crippen MR) is 118 cm³/mol. The van der Waals surface area contributed by atoms with Gasteiger partial charge < -0.3 is 0 Å². The molecule has 0 spiro atoms. The van der Waals surface area contributed by atoms with Crippen LogP contribution < -0.4 is 0 Å². The molecule has 4 rings (SSSR count). The number of hydrogen-bond donors (Lipinski definition) is 0. The minimum Gasteiger partial charge on any atom is -0.289 e. The fourth-order valence-corrected chi connectivity index (χ4v) is 6.05. The van der Waals surface area contributed by atoms with Crippen molar-refractivity contribution < 1.29 is 4.79 Å². The molecule has 1 nitrogen and oxygen atoms in total. The third-order valence-corrected chi connectivity index (χ3v) is 7.48. The van der Waals surface area contributed by atoms with Gasteiger partial charge in [-0.1, -0.05) is 49.9 Å². The van der Waals surface area contributed by atoms with Crippen LogP contribution in [0.25, 0.3) is 0 Å². The van der Waals surface area contributed by atoms with Crippen LogP contribution in [0.5, 0.6) is 0 Å². The average Bonchev–Trinajstić information content (AvgIpc) is 3.36. The summed E-state index contributed by atoms with van der Waals surface area (Å²) in [7, 11) is 0. The van der Waals surface area contributed by atoms with Crippen molar-refractivity contribution in [3.05, 3.63) is 68.8 Å². The summed E-state index contributed by atoms with van der Waals surface area (Å²) in [5.41, 5.74) is 9.88. The number of carbonyl (C=O) groups excluding carboxylic acids is 1. The standard InChI is InChI=1S/C27H34O/c1-17-13-15-23(19(3)25(17)21-9-5-6-10-21)27(28)24-16-14-18(2)26(20(24)4)22-11-7-8-12-22/h13-16,21-22H,5-12H2,1-4H3. The van der Waals surface area contributed by atoms with Crippen LogP contribution in [0.1, 0.15) is 113 Å². The van der Waals surface area contributed by atoms with Crippen molar-refractivity contribution in [1.29, 1.82) is 0 Å². The highest BCUT2D eigenvalue weighted by molar-refractivity contribution is 6.11. The molecule has 148 valence electrons. The number of aryl methyl sites for hydroxylation is 2. The van der Waals surface area contributed by atoms with Crippen LogP contribution in [-0.4, -0.2) is 5.78 Å². The van der Waals surface area contributed by atoms with Crippen molar-refractivity contribution in [2.75, 3.05) is 0 Å². The molecular weight excluding hydrogens is 340 g/mol. The van der Waals surface area contributed by atoms with Crippen molar-refractivity contribution in [3.8, 4) is 0 Å². The van der Waals surface area contributed by atoms with Crippen LogP contribution >= 0.6 is 0 Å². The van der Waals surface area contributed by atoms with Gasteiger partial charge in [0.05, 0.1) is 0 Å². The van der Waals surface area contributed by atoms with Gasteiger partial charge in [-0.05, 0) is 98.6 Å². The summed E-state index contributed by atoms with van der Waals surface area (Å²) >= 11 is 0. The van der Waals surface area contributed by atoms with Crippen LogP contribution in [0.15, 0.2) is 24.3 Å². The lowest BCUT2D eigenvalue weighted by Crippen LogP contribution is -2.12. The zero-order valence-corrected chi connectivity index (χ0v) is 18.0. The van der Waals surface area contributed by atoms with Crippen molar-refractivity contribution in [2.24, 2.45) is 0 Å². The Hall–Kier alpha value is -1.89. The Morgan fingerprint density at radius 2 is 1.00 bits per heavy atom. The predicted octanol–water partition coefficient (Wildman–Crippen LogP) is 7.47. The second kappa shape index (κ2) is 7.85. The minimum absolute atomic E-state index is 0.216. The Morgan fingerprint density at radius 3 is 1.36 bits per heavy atom. The summed E-state index contributed by atoms with van der Waals surface area (Å²) in [6.07, 6.45) is 10.4. The fourth-order valence-electron chi connectivity index (χ4n) is 6.05. The first-order chi connectivity index (χ1) is 13.5. The van der Waals surface area contributed by atoms with Crippen molar-refractivity contribution >= 4 is 5.78 Å². The summed E-state index contributed by atoms with van der Waals surface area (Å²) < 4.78 is 0. The summed E-state index contributed by atoms with van der Waals surface area (Å²) in [5.74, 6) is 1.50. The maximum Gasteiger partial charge on any atom is 0.193 e. The van der Waals surface area contributed by atoms with Gasteiger partial charge in [-0.3, -0.25) is 4.79 Å². The molecule has 0 aromatic heterocycles. The second-order valence-electron chi connectivity index (χ2n) is 9.23. The second-order valence-corrected chi connectivity index (χ2v) is 9.23. The van der Waals surface area contributed by atoms with Gasteiger partial charge in [0.15, 0.2) is 5.78 Å². The molecule has 0 amide bonds. The quantitative estimate of drug-likeness (QED) is 0.507. The van der Waals surface area contributed by atoms with Crippen LogP contribution in [0.2, 0.25) is 0 Å². The first-order valence-corrected chi connectivity index (χ1v) is 11.2. The van der Waals surface area contributed by atoms with Crippen molar-refractivity contribution in [1.82, 2.24) is 0 Å². The third-order valence-electron chi connectivity index (χ3n) is 7.48. The van der Waals surface area contributed by atoms with Gasteiger partial charge in [-0.25, -0.2) is 0 Å². The van der Waals surface area contributed by atoms with Gasteiger partial charge in [0.25, 0.3) is 0 Å². The van der Waals surface area contributed by atoms with Crippen molar-refractivity contribution in [3.63, 3.8) is 0 Å². The molecule has 2 aliphatic rings. The molecule has 28 heavy (non-hydrogen) atoms. The highest BCUT2D eigenvalue weighted by atomic mass is 16.1. The Bertz CT molecular complexity index is 819. The third kappa shape index (κ3) is 3.34. The lowest BCUT2D eigenvalue weighted by molar-refractivity contribution is 0.103. The van der Waals surface area contributed by atoms with Crippen LogP contribution in [0.4, 0.5) is 0 Å². The Balaban J connectivity index is 1.76. The van der Waals surface area contributed by atoms with Gasteiger partial charge in [0.2, 0.25) is 0 Å². The topological polar surface area (TPSA) is 17.1 Å². The van der Waals surface area contributed by atoms with Gasteiger partial charge in [-0.2, -0.15) is 0 Å². The Labute approximate surface area is 170 Å². The highest BCUT2D eigenvalue weighted by Crippen LogP contribution is 2.40. The number of rotatable bonds is 4. The van der Waals surface area contributed by atoms with E-state index < -0.39 is 0 Å². The van der Waals surface area contributed by atoms with E-state index in [0.29, 0.717) is 11.8 Å². The van der Waals surface area contributed by atoms with E-state index >= 15 is 0 Å². The summed E-state index contributed by atoms with van der Waals surface area (Å²) in [5, 5.41) is 0. The van der Waals surface area contributed by atoms with E-state index in [0.717, 1.165) is 11.1 Å². The van der Waals surface area contributed by atoms with E-state index in [9.17, 15) is 4.79 Å². The number of carbonyl (C=O) groups is 1. The highest BCUT2D eigenvalue weighted by Gasteiger charge is 2.26. The first-order valence-electron chi connectivity index (χ1n) is 11.2. The van der Waals surface area contributed by atoms with Gasteiger partial charge >= 0.3 is 0 Å². The van der Waals surface area contributed by atoms with Gasteiger partial charge in [0.1, 0.15) is 0 Å². The average molecular weight is 375 g/mol. The van der Waals surface area contributed by atoms with E-state index in [1.54, 1.807) is 0 Å². The van der Waals surface area contributed by atoms with Crippen LogP contribution in [0, 0.1) is 27.7 Å². The first kappa shape index (κ1) is 19.4. The SMILES string of the molecule is Cc1ccc(C(=O)c2ccc(C)c(C3CCCC3)c2C)c(C)c1C1CCCC1. The normalized spacial score (nSPS) is 18.1.